The van der Waals surface area contributed by atoms with Gasteiger partial charge in [-0.1, -0.05) is 54.4 Å². The van der Waals surface area contributed by atoms with E-state index in [0.717, 1.165) is 5.39 Å². The number of esters is 1. The van der Waals surface area contributed by atoms with Gasteiger partial charge in [0.1, 0.15) is 11.3 Å². The van der Waals surface area contributed by atoms with Crippen molar-refractivity contribution in [3.8, 4) is 5.75 Å². The summed E-state index contributed by atoms with van der Waals surface area (Å²) in [7, 11) is 0. The van der Waals surface area contributed by atoms with Gasteiger partial charge in [0.2, 0.25) is 0 Å². The number of pyridine rings is 3. The lowest BCUT2D eigenvalue weighted by molar-refractivity contribution is -0.133. The monoisotopic (exact) mass is 452 g/mol. The average Bonchev–Trinajstić information content (AvgIpc) is 2.80. The lowest BCUT2D eigenvalue weighted by atomic mass is 9.97. The second-order valence-corrected chi connectivity index (χ2v) is 7.49. The summed E-state index contributed by atoms with van der Waals surface area (Å²) in [6, 6.07) is 12.5. The molecule has 0 spiro atoms. The van der Waals surface area contributed by atoms with Gasteiger partial charge in [-0.2, -0.15) is 0 Å². The van der Waals surface area contributed by atoms with Gasteiger partial charge in [0.05, 0.1) is 16.1 Å². The van der Waals surface area contributed by atoms with Gasteiger partial charge in [-0.05, 0) is 18.2 Å². The zero-order valence-corrected chi connectivity index (χ0v) is 18.1. The van der Waals surface area contributed by atoms with Crippen LogP contribution in [-0.2, 0) is 4.79 Å². The first kappa shape index (κ1) is 21.0. The predicted molar refractivity (Wildman–Crippen MR) is 122 cm³/mol. The molecule has 31 heavy (non-hydrogen) atoms. The maximum atomic E-state index is 12.3. The van der Waals surface area contributed by atoms with Crippen LogP contribution >= 0.6 is 23.2 Å². The molecule has 1 aromatic carbocycles. The van der Waals surface area contributed by atoms with E-state index in [1.165, 1.54) is 6.20 Å². The molecule has 0 bridgehead atoms. The van der Waals surface area contributed by atoms with E-state index in [4.69, 9.17) is 27.9 Å². The number of anilines is 1. The van der Waals surface area contributed by atoms with E-state index in [1.807, 2.05) is 42.5 Å². The van der Waals surface area contributed by atoms with Crippen LogP contribution in [-0.4, -0.2) is 20.9 Å². The van der Waals surface area contributed by atoms with Crippen molar-refractivity contribution in [3.63, 3.8) is 0 Å². The van der Waals surface area contributed by atoms with Crippen LogP contribution in [0.5, 0.6) is 5.75 Å². The number of aromatic nitrogens is 3. The zero-order chi connectivity index (χ0) is 21.8. The van der Waals surface area contributed by atoms with E-state index >= 15 is 0 Å². The topological polar surface area (TPSA) is 77.0 Å². The van der Waals surface area contributed by atoms with Crippen LogP contribution in [0.4, 0.5) is 5.82 Å². The third-order valence-corrected chi connectivity index (χ3v) is 5.51. The van der Waals surface area contributed by atoms with Gasteiger partial charge in [-0.3, -0.25) is 14.8 Å². The summed E-state index contributed by atoms with van der Waals surface area (Å²) in [6.07, 6.45) is 6.66. The lowest BCUT2D eigenvalue weighted by Crippen LogP contribution is -2.17. The van der Waals surface area contributed by atoms with Crippen molar-refractivity contribution in [3.05, 3.63) is 88.4 Å². The number of halogens is 2. The maximum absolute atomic E-state index is 12.3. The number of carbonyl (C=O) groups is 1. The molecule has 156 valence electrons. The average molecular weight is 453 g/mol. The molecule has 3 heterocycles. The Labute approximate surface area is 189 Å². The molecule has 0 aliphatic carbocycles. The first-order chi connectivity index (χ1) is 15.1. The van der Waals surface area contributed by atoms with Crippen molar-refractivity contribution in [1.82, 2.24) is 15.0 Å². The standard InChI is InChI=1S/C23H18Cl2N4O2/c1-2-19(30)31-23-15(9-8-14-6-5-11-28-21(14)23)22(29-18-7-3-4-10-27-18)16-12-26-13-17(24)20(16)25/h3-13,22H,2H2,1H3,(H,27,29). The van der Waals surface area contributed by atoms with Crippen molar-refractivity contribution in [2.24, 2.45) is 0 Å². The zero-order valence-electron chi connectivity index (χ0n) is 16.5. The molecule has 0 saturated carbocycles. The molecule has 0 aliphatic heterocycles. The molecule has 0 aliphatic rings. The number of nitrogens with zero attached hydrogens (tertiary/aromatic N) is 3. The SMILES string of the molecule is CCC(=O)Oc1c(C(Nc2ccccn2)c2cncc(Cl)c2Cl)ccc2cccnc12. The van der Waals surface area contributed by atoms with Gasteiger partial charge in [0, 0.05) is 47.7 Å². The van der Waals surface area contributed by atoms with Crippen LogP contribution in [0.15, 0.2) is 67.3 Å². The molecule has 1 atom stereocenters. The van der Waals surface area contributed by atoms with Crippen LogP contribution in [0, 0.1) is 0 Å². The number of hydrogen-bond donors (Lipinski definition) is 1. The van der Waals surface area contributed by atoms with Gasteiger partial charge in [-0.15, -0.1) is 0 Å². The number of fused-ring (bicyclic) bond motifs is 1. The molecule has 1 unspecified atom stereocenters. The summed E-state index contributed by atoms with van der Waals surface area (Å²) in [5.74, 6) is 0.596. The highest BCUT2D eigenvalue weighted by molar-refractivity contribution is 6.42. The number of ether oxygens (including phenoxy) is 1. The third kappa shape index (κ3) is 4.45. The molecular formula is C23H18Cl2N4O2. The van der Waals surface area contributed by atoms with E-state index in [-0.39, 0.29) is 12.4 Å². The molecule has 0 fully saturated rings. The molecular weight excluding hydrogens is 435 g/mol. The summed E-state index contributed by atoms with van der Waals surface area (Å²) < 4.78 is 5.76. The molecule has 1 N–H and O–H groups in total. The Morgan fingerprint density at radius 3 is 2.65 bits per heavy atom. The highest BCUT2D eigenvalue weighted by Crippen LogP contribution is 2.40. The Morgan fingerprint density at radius 1 is 1.03 bits per heavy atom. The Bertz CT molecular complexity index is 1230. The summed E-state index contributed by atoms with van der Waals surface area (Å²) >= 11 is 12.8. The molecule has 0 saturated heterocycles. The minimum Gasteiger partial charge on any atom is -0.424 e. The Balaban J connectivity index is 1.95. The lowest BCUT2D eigenvalue weighted by Gasteiger charge is -2.24. The second kappa shape index (κ2) is 9.29. The van der Waals surface area contributed by atoms with Crippen molar-refractivity contribution >= 4 is 45.9 Å². The van der Waals surface area contributed by atoms with Gasteiger partial charge in [0.15, 0.2) is 5.75 Å². The van der Waals surface area contributed by atoms with Crippen LogP contribution in [0.3, 0.4) is 0 Å². The molecule has 0 radical (unpaired) electrons. The van der Waals surface area contributed by atoms with E-state index in [0.29, 0.717) is 38.3 Å². The highest BCUT2D eigenvalue weighted by atomic mass is 35.5. The van der Waals surface area contributed by atoms with E-state index in [2.05, 4.69) is 20.3 Å². The Morgan fingerprint density at radius 2 is 1.87 bits per heavy atom. The molecule has 0 amide bonds. The van der Waals surface area contributed by atoms with Crippen LogP contribution in [0.1, 0.15) is 30.5 Å². The minimum atomic E-state index is -0.556. The maximum Gasteiger partial charge on any atom is 0.310 e. The number of carbonyl (C=O) groups excluding carboxylic acids is 1. The first-order valence-corrected chi connectivity index (χ1v) is 10.4. The molecule has 6 nitrogen and oxygen atoms in total. The molecule has 8 heteroatoms. The summed E-state index contributed by atoms with van der Waals surface area (Å²) in [5.41, 5.74) is 1.84. The fourth-order valence-electron chi connectivity index (χ4n) is 3.21. The fourth-order valence-corrected chi connectivity index (χ4v) is 3.58. The van der Waals surface area contributed by atoms with E-state index < -0.39 is 6.04 Å². The van der Waals surface area contributed by atoms with Gasteiger partial charge in [-0.25, -0.2) is 4.98 Å². The number of hydrogen-bond acceptors (Lipinski definition) is 6. The number of rotatable bonds is 6. The molecule has 4 rings (SSSR count). The molecule has 4 aromatic rings. The van der Waals surface area contributed by atoms with Crippen molar-refractivity contribution in [2.75, 3.05) is 5.32 Å². The quantitative estimate of drug-likeness (QED) is 0.292. The molecule has 3 aromatic heterocycles. The van der Waals surface area contributed by atoms with E-state index in [1.54, 1.807) is 25.5 Å². The van der Waals surface area contributed by atoms with Crippen molar-refractivity contribution in [1.29, 1.82) is 0 Å². The van der Waals surface area contributed by atoms with Gasteiger partial charge >= 0.3 is 5.97 Å². The van der Waals surface area contributed by atoms with Gasteiger partial charge in [0.25, 0.3) is 0 Å². The van der Waals surface area contributed by atoms with E-state index in [9.17, 15) is 4.79 Å². The smallest absolute Gasteiger partial charge is 0.310 e. The van der Waals surface area contributed by atoms with Crippen LogP contribution in [0.25, 0.3) is 10.9 Å². The minimum absolute atomic E-state index is 0.223. The highest BCUT2D eigenvalue weighted by Gasteiger charge is 2.26. The summed E-state index contributed by atoms with van der Waals surface area (Å²) in [5, 5.41) is 4.87. The normalized spacial score (nSPS) is 11.8. The summed E-state index contributed by atoms with van der Waals surface area (Å²) in [6.45, 7) is 1.74. The van der Waals surface area contributed by atoms with Crippen LogP contribution < -0.4 is 10.1 Å². The Kier molecular flexibility index (Phi) is 6.30. The number of nitrogens with one attached hydrogen (secondary N) is 1. The second-order valence-electron chi connectivity index (χ2n) is 6.70. The van der Waals surface area contributed by atoms with Gasteiger partial charge < -0.3 is 10.1 Å². The van der Waals surface area contributed by atoms with Crippen LogP contribution in [0.2, 0.25) is 10.0 Å². The van der Waals surface area contributed by atoms with Crippen molar-refractivity contribution in [2.45, 2.75) is 19.4 Å². The summed E-state index contributed by atoms with van der Waals surface area (Å²) in [4.78, 5) is 25.3. The Hall–Kier alpha value is -3.22. The largest absolute Gasteiger partial charge is 0.424 e. The fraction of sp³-hybridized carbons (Fsp3) is 0.130. The third-order valence-electron chi connectivity index (χ3n) is 4.71. The first-order valence-electron chi connectivity index (χ1n) is 9.63. The number of benzene rings is 1. The van der Waals surface area contributed by atoms with Crippen molar-refractivity contribution < 1.29 is 9.53 Å². The predicted octanol–water partition coefficient (Wildman–Crippen LogP) is 5.85.